The zero-order chi connectivity index (χ0) is 13.1. The van der Waals surface area contributed by atoms with Crippen molar-refractivity contribution in [1.29, 1.82) is 0 Å². The van der Waals surface area contributed by atoms with Crippen LogP contribution in [-0.4, -0.2) is 31.1 Å². The van der Waals surface area contributed by atoms with E-state index in [1.807, 2.05) is 31.3 Å². The first kappa shape index (κ1) is 12.7. The Bertz CT molecular complexity index is 430. The number of carbonyl (C=O) groups is 1. The number of benzene rings is 1. The minimum atomic E-state index is -0.0670. The third kappa shape index (κ3) is 2.94. The molecule has 1 fully saturated rings. The van der Waals surface area contributed by atoms with Crippen LogP contribution in [0.3, 0.4) is 0 Å². The Labute approximate surface area is 108 Å². The normalized spacial score (nSPS) is 15.9. The molecule has 98 valence electrons. The molecule has 1 aliphatic carbocycles. The van der Waals surface area contributed by atoms with Crippen LogP contribution in [0.2, 0.25) is 0 Å². The Morgan fingerprint density at radius 2 is 2.22 bits per heavy atom. The fraction of sp³-hybridized carbons (Fsp3) is 0.500. The minimum Gasteiger partial charge on any atom is -0.497 e. The molecular formula is C14H20N2O2. The van der Waals surface area contributed by atoms with Gasteiger partial charge in [-0.1, -0.05) is 6.07 Å². The van der Waals surface area contributed by atoms with Gasteiger partial charge in [0, 0.05) is 24.8 Å². The summed E-state index contributed by atoms with van der Waals surface area (Å²) in [4.78, 5) is 13.8. The zero-order valence-electron chi connectivity index (χ0n) is 11.1. The van der Waals surface area contributed by atoms with Crippen LogP contribution >= 0.6 is 0 Å². The van der Waals surface area contributed by atoms with Crippen molar-refractivity contribution < 1.29 is 9.53 Å². The Morgan fingerprint density at radius 3 is 2.83 bits per heavy atom. The van der Waals surface area contributed by atoms with Crippen LogP contribution < -0.4 is 10.1 Å². The van der Waals surface area contributed by atoms with Gasteiger partial charge in [-0.2, -0.15) is 0 Å². The number of urea groups is 1. The summed E-state index contributed by atoms with van der Waals surface area (Å²) in [5.41, 5.74) is 0.759. The SMILES string of the molecule is COc1cccc(NC(=O)N(C)[C@@H](C)C2CC2)c1. The quantitative estimate of drug-likeness (QED) is 0.890. The van der Waals surface area contributed by atoms with Crippen LogP contribution in [0.15, 0.2) is 24.3 Å². The van der Waals surface area contributed by atoms with Crippen molar-refractivity contribution in [3.8, 4) is 5.75 Å². The minimum absolute atomic E-state index is 0.0670. The molecule has 0 heterocycles. The number of hydrogen-bond acceptors (Lipinski definition) is 2. The predicted molar refractivity (Wildman–Crippen MR) is 72.0 cm³/mol. The molecule has 1 aromatic carbocycles. The van der Waals surface area contributed by atoms with Crippen LogP contribution in [0.5, 0.6) is 5.75 Å². The largest absolute Gasteiger partial charge is 0.497 e. The number of nitrogens with zero attached hydrogens (tertiary/aromatic N) is 1. The van der Waals surface area contributed by atoms with Crippen LogP contribution in [0.25, 0.3) is 0 Å². The van der Waals surface area contributed by atoms with Crippen LogP contribution in [-0.2, 0) is 0 Å². The summed E-state index contributed by atoms with van der Waals surface area (Å²) in [6, 6.07) is 7.62. The van der Waals surface area contributed by atoms with Crippen molar-refractivity contribution >= 4 is 11.7 Å². The van der Waals surface area contributed by atoms with Gasteiger partial charge in [-0.05, 0) is 37.8 Å². The molecule has 1 saturated carbocycles. The average Bonchev–Trinajstić information content (AvgIpc) is 3.21. The summed E-state index contributed by atoms with van der Waals surface area (Å²) in [5, 5.41) is 2.89. The Hall–Kier alpha value is -1.71. The first-order valence-electron chi connectivity index (χ1n) is 6.29. The maximum Gasteiger partial charge on any atom is 0.321 e. The summed E-state index contributed by atoms with van der Waals surface area (Å²) < 4.78 is 5.13. The molecule has 2 amide bonds. The molecule has 2 rings (SSSR count). The van der Waals surface area contributed by atoms with Gasteiger partial charge in [0.1, 0.15) is 5.75 Å². The van der Waals surface area contributed by atoms with E-state index < -0.39 is 0 Å². The van der Waals surface area contributed by atoms with Crippen molar-refractivity contribution in [1.82, 2.24) is 4.90 Å². The van der Waals surface area contributed by atoms with Gasteiger partial charge >= 0.3 is 6.03 Å². The molecular weight excluding hydrogens is 228 g/mol. The summed E-state index contributed by atoms with van der Waals surface area (Å²) in [7, 11) is 3.46. The molecule has 0 radical (unpaired) electrons. The number of anilines is 1. The van der Waals surface area contributed by atoms with Crippen LogP contribution in [0.4, 0.5) is 10.5 Å². The van der Waals surface area contributed by atoms with Gasteiger partial charge in [-0.15, -0.1) is 0 Å². The lowest BCUT2D eigenvalue weighted by Gasteiger charge is -2.25. The third-order valence-electron chi connectivity index (χ3n) is 3.56. The number of carbonyl (C=O) groups excluding carboxylic acids is 1. The van der Waals surface area contributed by atoms with Gasteiger partial charge < -0.3 is 15.0 Å². The highest BCUT2D eigenvalue weighted by molar-refractivity contribution is 5.89. The Kier molecular flexibility index (Phi) is 3.75. The highest BCUT2D eigenvalue weighted by Gasteiger charge is 2.32. The fourth-order valence-electron chi connectivity index (χ4n) is 1.99. The molecule has 18 heavy (non-hydrogen) atoms. The first-order valence-corrected chi connectivity index (χ1v) is 6.29. The maximum absolute atomic E-state index is 12.1. The van der Waals surface area contributed by atoms with Crippen LogP contribution in [0.1, 0.15) is 19.8 Å². The molecule has 0 bridgehead atoms. The van der Waals surface area contributed by atoms with Crippen molar-refractivity contribution in [2.24, 2.45) is 5.92 Å². The molecule has 1 aliphatic rings. The molecule has 1 aromatic rings. The number of rotatable bonds is 4. The number of amides is 2. The Balaban J connectivity index is 1.96. The monoisotopic (exact) mass is 248 g/mol. The van der Waals surface area contributed by atoms with Gasteiger partial charge in [-0.25, -0.2) is 4.79 Å². The van der Waals surface area contributed by atoms with Gasteiger partial charge in [0.15, 0.2) is 0 Å². The number of ether oxygens (including phenoxy) is 1. The van der Waals surface area contributed by atoms with Gasteiger partial charge in [0.25, 0.3) is 0 Å². The second kappa shape index (κ2) is 5.29. The predicted octanol–water partition coefficient (Wildman–Crippen LogP) is 2.96. The molecule has 0 spiro atoms. The smallest absolute Gasteiger partial charge is 0.321 e. The molecule has 4 heteroatoms. The highest BCUT2D eigenvalue weighted by atomic mass is 16.5. The number of hydrogen-bond donors (Lipinski definition) is 1. The summed E-state index contributed by atoms with van der Waals surface area (Å²) in [6.07, 6.45) is 2.47. The van der Waals surface area contributed by atoms with Crippen molar-refractivity contribution in [2.45, 2.75) is 25.8 Å². The molecule has 0 saturated heterocycles. The Morgan fingerprint density at radius 1 is 1.50 bits per heavy atom. The summed E-state index contributed by atoms with van der Waals surface area (Å²) >= 11 is 0. The second-order valence-electron chi connectivity index (χ2n) is 4.85. The lowest BCUT2D eigenvalue weighted by molar-refractivity contribution is 0.201. The second-order valence-corrected chi connectivity index (χ2v) is 4.85. The molecule has 0 aliphatic heterocycles. The van der Waals surface area contributed by atoms with E-state index in [1.165, 1.54) is 12.8 Å². The molecule has 0 unspecified atom stereocenters. The van der Waals surface area contributed by atoms with E-state index in [9.17, 15) is 4.79 Å². The zero-order valence-corrected chi connectivity index (χ0v) is 11.1. The fourth-order valence-corrected chi connectivity index (χ4v) is 1.99. The molecule has 1 atom stereocenters. The van der Waals surface area contributed by atoms with Crippen molar-refractivity contribution in [3.63, 3.8) is 0 Å². The third-order valence-corrected chi connectivity index (χ3v) is 3.56. The first-order chi connectivity index (χ1) is 8.61. The molecule has 1 N–H and O–H groups in total. The van der Waals surface area contributed by atoms with Crippen molar-refractivity contribution in [2.75, 3.05) is 19.5 Å². The number of methoxy groups -OCH3 is 1. The molecule has 4 nitrogen and oxygen atoms in total. The average molecular weight is 248 g/mol. The topological polar surface area (TPSA) is 41.6 Å². The molecule has 0 aromatic heterocycles. The van der Waals surface area contributed by atoms with Gasteiger partial charge in [-0.3, -0.25) is 0 Å². The van der Waals surface area contributed by atoms with Crippen LogP contribution in [0, 0.1) is 5.92 Å². The maximum atomic E-state index is 12.1. The standard InChI is InChI=1S/C14H20N2O2/c1-10(11-7-8-11)16(2)14(17)15-12-5-4-6-13(9-12)18-3/h4-6,9-11H,7-8H2,1-3H3,(H,15,17)/t10-/m0/s1. The van der Waals surface area contributed by atoms with E-state index in [-0.39, 0.29) is 6.03 Å². The summed E-state index contributed by atoms with van der Waals surface area (Å²) in [5.74, 6) is 1.41. The van der Waals surface area contributed by atoms with Gasteiger partial charge in [0.05, 0.1) is 7.11 Å². The van der Waals surface area contributed by atoms with Gasteiger partial charge in [0.2, 0.25) is 0 Å². The number of nitrogens with one attached hydrogen (secondary N) is 1. The van der Waals surface area contributed by atoms with E-state index in [4.69, 9.17) is 4.74 Å². The summed E-state index contributed by atoms with van der Waals surface area (Å²) in [6.45, 7) is 2.10. The highest BCUT2D eigenvalue weighted by Crippen LogP contribution is 2.34. The van der Waals surface area contributed by atoms with E-state index >= 15 is 0 Å². The van der Waals surface area contributed by atoms with Crippen molar-refractivity contribution in [3.05, 3.63) is 24.3 Å². The lowest BCUT2D eigenvalue weighted by atomic mass is 10.2. The van der Waals surface area contributed by atoms with E-state index in [0.29, 0.717) is 12.0 Å². The van der Waals surface area contributed by atoms with E-state index in [1.54, 1.807) is 12.0 Å². The van der Waals surface area contributed by atoms with E-state index in [2.05, 4.69) is 12.2 Å². The van der Waals surface area contributed by atoms with E-state index in [0.717, 1.165) is 11.4 Å². The lowest BCUT2D eigenvalue weighted by Crippen LogP contribution is -2.39.